The van der Waals surface area contributed by atoms with E-state index in [1.807, 2.05) is 12.1 Å². The van der Waals surface area contributed by atoms with Gasteiger partial charge in [-0.1, -0.05) is 0 Å². The first-order chi connectivity index (χ1) is 7.66. The number of nitrogens with two attached hydrogens (primary N) is 1. The molecule has 4 N–H and O–H groups in total. The number of aliphatic hydroxyl groups is 1. The molecular formula is C12H16N2O2. The zero-order chi connectivity index (χ0) is 11.5. The van der Waals surface area contributed by atoms with Crippen LogP contribution in [0.2, 0.25) is 0 Å². The van der Waals surface area contributed by atoms with E-state index in [9.17, 15) is 9.90 Å². The Morgan fingerprint density at radius 3 is 2.50 bits per heavy atom. The number of hydrogen-bond donors (Lipinski definition) is 3. The Kier molecular flexibility index (Phi) is 3.10. The average molecular weight is 220 g/mol. The van der Waals surface area contributed by atoms with Crippen molar-refractivity contribution in [3.05, 3.63) is 29.8 Å². The van der Waals surface area contributed by atoms with Crippen LogP contribution in [0.1, 0.15) is 29.6 Å². The monoisotopic (exact) mass is 220 g/mol. The topological polar surface area (TPSA) is 75.4 Å². The maximum absolute atomic E-state index is 10.9. The summed E-state index contributed by atoms with van der Waals surface area (Å²) in [6.45, 7) is 0. The van der Waals surface area contributed by atoms with Crippen LogP contribution < -0.4 is 11.1 Å². The van der Waals surface area contributed by atoms with Gasteiger partial charge >= 0.3 is 0 Å². The molecule has 1 fully saturated rings. The van der Waals surface area contributed by atoms with E-state index in [2.05, 4.69) is 5.32 Å². The van der Waals surface area contributed by atoms with Crippen LogP contribution in [0.4, 0.5) is 5.69 Å². The maximum atomic E-state index is 10.9. The lowest BCUT2D eigenvalue weighted by Gasteiger charge is -2.17. The van der Waals surface area contributed by atoms with Crippen molar-refractivity contribution in [3.63, 3.8) is 0 Å². The number of amides is 1. The van der Waals surface area contributed by atoms with Crippen LogP contribution in [-0.4, -0.2) is 23.2 Å². The van der Waals surface area contributed by atoms with E-state index in [-0.39, 0.29) is 12.1 Å². The lowest BCUT2D eigenvalue weighted by atomic mass is 10.1. The van der Waals surface area contributed by atoms with Crippen molar-refractivity contribution < 1.29 is 9.90 Å². The molecule has 4 heteroatoms. The zero-order valence-electron chi connectivity index (χ0n) is 9.02. The molecule has 0 aromatic heterocycles. The van der Waals surface area contributed by atoms with Gasteiger partial charge in [0.2, 0.25) is 5.91 Å². The molecule has 1 saturated carbocycles. The summed E-state index contributed by atoms with van der Waals surface area (Å²) in [7, 11) is 0. The highest BCUT2D eigenvalue weighted by molar-refractivity contribution is 5.93. The van der Waals surface area contributed by atoms with Gasteiger partial charge in [-0.3, -0.25) is 4.79 Å². The predicted octanol–water partition coefficient (Wildman–Crippen LogP) is 1.11. The number of anilines is 1. The molecule has 1 aromatic rings. The summed E-state index contributed by atoms with van der Waals surface area (Å²) in [5.41, 5.74) is 6.56. The second-order valence-corrected chi connectivity index (χ2v) is 4.19. The van der Waals surface area contributed by atoms with Crippen molar-refractivity contribution in [1.82, 2.24) is 0 Å². The lowest BCUT2D eigenvalue weighted by Crippen LogP contribution is -2.27. The maximum Gasteiger partial charge on any atom is 0.248 e. The number of carbonyl (C=O) groups excluding carboxylic acids is 1. The van der Waals surface area contributed by atoms with Gasteiger partial charge in [-0.05, 0) is 43.5 Å². The number of carbonyl (C=O) groups is 1. The Hall–Kier alpha value is -1.55. The van der Waals surface area contributed by atoms with Crippen LogP contribution in [0.25, 0.3) is 0 Å². The highest BCUT2D eigenvalue weighted by atomic mass is 16.3. The number of rotatable bonds is 3. The molecule has 4 nitrogen and oxygen atoms in total. The van der Waals surface area contributed by atoms with Gasteiger partial charge in [0.25, 0.3) is 0 Å². The fourth-order valence-electron chi connectivity index (χ4n) is 2.05. The molecule has 0 unspecified atom stereocenters. The number of nitrogens with one attached hydrogen (secondary N) is 1. The van der Waals surface area contributed by atoms with Gasteiger partial charge in [-0.15, -0.1) is 0 Å². The van der Waals surface area contributed by atoms with E-state index in [0.717, 1.165) is 24.9 Å². The van der Waals surface area contributed by atoms with E-state index < -0.39 is 5.91 Å². The minimum absolute atomic E-state index is 0.124. The van der Waals surface area contributed by atoms with Crippen molar-refractivity contribution >= 4 is 11.6 Å². The van der Waals surface area contributed by atoms with Crippen LogP contribution in [0.3, 0.4) is 0 Å². The second-order valence-electron chi connectivity index (χ2n) is 4.19. The van der Waals surface area contributed by atoms with E-state index in [4.69, 9.17) is 5.73 Å². The van der Waals surface area contributed by atoms with Crippen molar-refractivity contribution in [2.75, 3.05) is 5.32 Å². The molecule has 86 valence electrons. The molecule has 1 amide bonds. The Morgan fingerprint density at radius 1 is 1.31 bits per heavy atom. The summed E-state index contributed by atoms with van der Waals surface area (Å²) in [4.78, 5) is 10.9. The van der Waals surface area contributed by atoms with Crippen molar-refractivity contribution in [2.45, 2.75) is 31.4 Å². The average Bonchev–Trinajstić information content (AvgIpc) is 2.65. The number of aliphatic hydroxyl groups excluding tert-OH is 1. The Balaban J connectivity index is 2.02. The summed E-state index contributed by atoms with van der Waals surface area (Å²) in [6, 6.07) is 7.12. The molecule has 1 aromatic carbocycles. The first-order valence-electron chi connectivity index (χ1n) is 5.51. The highest BCUT2D eigenvalue weighted by Crippen LogP contribution is 2.23. The van der Waals surface area contributed by atoms with Gasteiger partial charge in [0.05, 0.1) is 12.1 Å². The lowest BCUT2D eigenvalue weighted by molar-refractivity contribution is 0.100. The van der Waals surface area contributed by atoms with E-state index in [0.29, 0.717) is 5.56 Å². The van der Waals surface area contributed by atoms with Crippen LogP contribution in [-0.2, 0) is 0 Å². The van der Waals surface area contributed by atoms with Gasteiger partial charge in [-0.2, -0.15) is 0 Å². The third kappa shape index (κ3) is 2.33. The third-order valence-electron chi connectivity index (χ3n) is 3.00. The molecule has 0 bridgehead atoms. The van der Waals surface area contributed by atoms with Gasteiger partial charge in [0, 0.05) is 11.3 Å². The normalized spacial score (nSPS) is 24.3. The fourth-order valence-corrected chi connectivity index (χ4v) is 2.05. The Labute approximate surface area is 94.5 Å². The molecule has 16 heavy (non-hydrogen) atoms. The molecule has 0 heterocycles. The zero-order valence-corrected chi connectivity index (χ0v) is 9.02. The fraction of sp³-hybridized carbons (Fsp3) is 0.417. The molecule has 1 aliphatic carbocycles. The number of hydrogen-bond acceptors (Lipinski definition) is 3. The summed E-state index contributed by atoms with van der Waals surface area (Å²) in [5, 5.41) is 12.9. The summed E-state index contributed by atoms with van der Waals surface area (Å²) in [6.07, 6.45) is 2.63. The van der Waals surface area contributed by atoms with Gasteiger partial charge < -0.3 is 16.2 Å². The molecule has 1 aliphatic rings. The summed E-state index contributed by atoms with van der Waals surface area (Å²) >= 11 is 0. The minimum atomic E-state index is -0.424. The van der Waals surface area contributed by atoms with Crippen LogP contribution >= 0.6 is 0 Å². The van der Waals surface area contributed by atoms with Crippen LogP contribution in [0.15, 0.2) is 24.3 Å². The molecule has 2 atom stereocenters. The minimum Gasteiger partial charge on any atom is -0.391 e. The third-order valence-corrected chi connectivity index (χ3v) is 3.00. The SMILES string of the molecule is NC(=O)c1ccc(N[C@@H]2CCC[C@H]2O)cc1. The van der Waals surface area contributed by atoms with Gasteiger partial charge in [-0.25, -0.2) is 0 Å². The predicted molar refractivity (Wildman–Crippen MR) is 62.2 cm³/mol. The molecule has 0 saturated heterocycles. The molecular weight excluding hydrogens is 204 g/mol. The number of benzene rings is 1. The largest absolute Gasteiger partial charge is 0.391 e. The molecule has 2 rings (SSSR count). The summed E-state index contributed by atoms with van der Waals surface area (Å²) < 4.78 is 0. The number of primary amides is 1. The van der Waals surface area contributed by atoms with Crippen molar-refractivity contribution in [3.8, 4) is 0 Å². The van der Waals surface area contributed by atoms with Crippen LogP contribution in [0.5, 0.6) is 0 Å². The van der Waals surface area contributed by atoms with Gasteiger partial charge in [0.15, 0.2) is 0 Å². The second kappa shape index (κ2) is 4.53. The van der Waals surface area contributed by atoms with E-state index >= 15 is 0 Å². The smallest absolute Gasteiger partial charge is 0.248 e. The van der Waals surface area contributed by atoms with Gasteiger partial charge in [0.1, 0.15) is 0 Å². The molecule has 0 radical (unpaired) electrons. The van der Waals surface area contributed by atoms with Crippen LogP contribution in [0, 0.1) is 0 Å². The first kappa shape index (κ1) is 11.0. The molecule has 0 spiro atoms. The summed E-state index contributed by atoms with van der Waals surface area (Å²) in [5.74, 6) is -0.424. The first-order valence-corrected chi connectivity index (χ1v) is 5.51. The Bertz CT molecular complexity index is 375. The standard InChI is InChI=1S/C12H16N2O2/c13-12(16)8-4-6-9(7-5-8)14-10-2-1-3-11(10)15/h4-7,10-11,14-15H,1-3H2,(H2,13,16)/t10-,11-/m1/s1. The van der Waals surface area contributed by atoms with E-state index in [1.54, 1.807) is 12.1 Å². The Morgan fingerprint density at radius 2 is 2.00 bits per heavy atom. The van der Waals surface area contributed by atoms with E-state index in [1.165, 1.54) is 0 Å². The quantitative estimate of drug-likeness (QED) is 0.714. The highest BCUT2D eigenvalue weighted by Gasteiger charge is 2.24. The van der Waals surface area contributed by atoms with Crippen molar-refractivity contribution in [1.29, 1.82) is 0 Å². The molecule has 0 aliphatic heterocycles. The van der Waals surface area contributed by atoms with Crippen molar-refractivity contribution in [2.24, 2.45) is 5.73 Å².